The average Bonchev–Trinajstić information content (AvgIpc) is 3.27. The molecule has 2 aromatic heterocycles. The van der Waals surface area contributed by atoms with E-state index in [-0.39, 0.29) is 22.9 Å². The van der Waals surface area contributed by atoms with Crippen LogP contribution < -0.4 is 20.9 Å². The molecule has 7 rings (SSSR count). The van der Waals surface area contributed by atoms with Crippen LogP contribution in [0.3, 0.4) is 0 Å². The smallest absolute Gasteiger partial charge is 0.239 e. The van der Waals surface area contributed by atoms with E-state index in [2.05, 4.69) is 32.1 Å². The van der Waals surface area contributed by atoms with E-state index in [9.17, 15) is 4.79 Å². The first kappa shape index (κ1) is 27.3. The molecule has 2 bridgehead atoms. The van der Waals surface area contributed by atoms with Crippen molar-refractivity contribution in [1.82, 2.24) is 30.4 Å². The Morgan fingerprint density at radius 3 is 2.60 bits per heavy atom. The van der Waals surface area contributed by atoms with Crippen molar-refractivity contribution in [1.29, 1.82) is 5.41 Å². The summed E-state index contributed by atoms with van der Waals surface area (Å²) in [6.07, 6.45) is 7.44. The Hall–Kier alpha value is -2.89. The SMILES string of the molecule is C[NH2+]c1c(C(C)=N)nc(C)nc1N1CCc2c(c(C)nn2CC23CCC(NC(=O)[C@H]4COCCN4)(CC2)CC3)C1. The summed E-state index contributed by atoms with van der Waals surface area (Å²) in [7, 11) is 2.00. The number of fused-ring (bicyclic) bond motifs is 4. The molecule has 2 aliphatic heterocycles. The molecule has 4 fully saturated rings. The number of nitrogens with zero attached hydrogens (tertiary/aromatic N) is 5. The van der Waals surface area contributed by atoms with Gasteiger partial charge in [-0.05, 0) is 64.7 Å². The van der Waals surface area contributed by atoms with Crippen LogP contribution in [0.2, 0.25) is 0 Å². The number of hydrogen-bond acceptors (Lipinski definition) is 8. The Morgan fingerprint density at radius 1 is 1.20 bits per heavy atom. The van der Waals surface area contributed by atoms with Gasteiger partial charge in [0.05, 0.1) is 31.7 Å². The summed E-state index contributed by atoms with van der Waals surface area (Å²) in [5, 5.41) is 22.1. The minimum absolute atomic E-state index is 0.0602. The molecule has 0 aromatic carbocycles. The highest BCUT2D eigenvalue weighted by Gasteiger charge is 2.50. The zero-order chi connectivity index (χ0) is 28.1. The van der Waals surface area contributed by atoms with Crippen LogP contribution in [0, 0.1) is 24.7 Å². The number of rotatable bonds is 7. The number of aromatic nitrogens is 4. The second-order valence-electron chi connectivity index (χ2n) is 12.5. The number of carbonyl (C=O) groups excluding carboxylic acids is 1. The van der Waals surface area contributed by atoms with Gasteiger partial charge in [-0.3, -0.25) is 9.48 Å². The van der Waals surface area contributed by atoms with Crippen LogP contribution >= 0.6 is 0 Å². The number of nitrogens with two attached hydrogens (primary N) is 1. The largest absolute Gasteiger partial charge is 0.378 e. The molecule has 11 heteroatoms. The van der Waals surface area contributed by atoms with Crippen molar-refractivity contribution in [3.8, 4) is 0 Å². The Morgan fingerprint density at radius 2 is 1.95 bits per heavy atom. The summed E-state index contributed by atoms with van der Waals surface area (Å²) in [5.74, 6) is 1.71. The second kappa shape index (κ2) is 10.5. The molecule has 1 amide bonds. The maximum atomic E-state index is 12.9. The molecule has 1 atom stereocenters. The Bertz CT molecular complexity index is 1290. The summed E-state index contributed by atoms with van der Waals surface area (Å²) in [5.41, 5.74) is 6.08. The number of morpholine rings is 1. The topological polar surface area (TPSA) is 138 Å². The minimum Gasteiger partial charge on any atom is -0.378 e. The van der Waals surface area contributed by atoms with Crippen molar-refractivity contribution in [2.75, 3.05) is 38.3 Å². The first-order valence-electron chi connectivity index (χ1n) is 14.9. The summed E-state index contributed by atoms with van der Waals surface area (Å²) in [4.78, 5) is 24.6. The van der Waals surface area contributed by atoms with Crippen molar-refractivity contribution < 1.29 is 14.8 Å². The van der Waals surface area contributed by atoms with Gasteiger partial charge in [0.2, 0.25) is 5.91 Å². The van der Waals surface area contributed by atoms with Gasteiger partial charge in [0.25, 0.3) is 0 Å². The third kappa shape index (κ3) is 4.92. The van der Waals surface area contributed by atoms with Gasteiger partial charge in [0.15, 0.2) is 17.2 Å². The van der Waals surface area contributed by atoms with Gasteiger partial charge >= 0.3 is 0 Å². The van der Waals surface area contributed by atoms with Gasteiger partial charge < -0.3 is 31.0 Å². The number of carbonyl (C=O) groups is 1. The molecule has 4 heterocycles. The van der Waals surface area contributed by atoms with E-state index in [1.807, 2.05) is 19.3 Å². The number of ether oxygens (including phenoxy) is 1. The molecule has 11 nitrogen and oxygen atoms in total. The van der Waals surface area contributed by atoms with Crippen molar-refractivity contribution in [3.63, 3.8) is 0 Å². The molecule has 3 aliphatic carbocycles. The minimum atomic E-state index is -0.229. The third-order valence-electron chi connectivity index (χ3n) is 9.83. The maximum Gasteiger partial charge on any atom is 0.239 e. The van der Waals surface area contributed by atoms with E-state index < -0.39 is 0 Å². The van der Waals surface area contributed by atoms with Gasteiger partial charge in [-0.2, -0.15) is 5.10 Å². The van der Waals surface area contributed by atoms with Crippen LogP contribution in [0.1, 0.15) is 73.9 Å². The summed E-state index contributed by atoms with van der Waals surface area (Å²) in [6.45, 7) is 10.3. The number of hydrogen-bond donors (Lipinski definition) is 4. The van der Waals surface area contributed by atoms with Crippen molar-refractivity contribution in [3.05, 3.63) is 28.5 Å². The fourth-order valence-corrected chi connectivity index (χ4v) is 7.42. The lowest BCUT2D eigenvalue weighted by Gasteiger charge is -2.54. The zero-order valence-corrected chi connectivity index (χ0v) is 24.4. The third-order valence-corrected chi connectivity index (χ3v) is 9.83. The first-order chi connectivity index (χ1) is 19.2. The lowest BCUT2D eigenvalue weighted by Crippen LogP contribution is -2.74. The van der Waals surface area contributed by atoms with Crippen molar-refractivity contribution in [2.45, 2.75) is 90.4 Å². The molecular formula is C29H44N9O2+. The Balaban J connectivity index is 1.15. The monoisotopic (exact) mass is 550 g/mol. The predicted octanol–water partition coefficient (Wildman–Crippen LogP) is 1.26. The number of aryl methyl sites for hydroxylation is 2. The standard InChI is InChI=1S/C29H43N9O2/c1-18(30)24-25(31-4)26(34-20(3)33-24)37-13-5-23-21(15-37)19(2)36-38(23)17-28-6-9-29(10-7-28,11-8-28)35-27(39)22-16-40-14-12-32-22/h22,30-32H,5-17H2,1-4H3,(H,35,39)/p+1/t22-,28?,29?/m1/s1. The Kier molecular flexibility index (Phi) is 7.16. The normalized spacial score (nSPS) is 27.9. The number of anilines is 1. The highest BCUT2D eigenvalue weighted by atomic mass is 16.5. The van der Waals surface area contributed by atoms with Gasteiger partial charge in [0.1, 0.15) is 11.9 Å². The molecule has 0 radical (unpaired) electrons. The summed E-state index contributed by atoms with van der Waals surface area (Å²) in [6, 6.07) is -0.229. The maximum absolute atomic E-state index is 12.9. The van der Waals surface area contributed by atoms with Gasteiger partial charge in [-0.25, -0.2) is 9.97 Å². The molecule has 40 heavy (non-hydrogen) atoms. The zero-order valence-electron chi connectivity index (χ0n) is 24.4. The molecule has 1 saturated heterocycles. The molecule has 216 valence electrons. The van der Waals surface area contributed by atoms with Gasteiger partial charge in [-0.15, -0.1) is 0 Å². The molecule has 5 N–H and O–H groups in total. The van der Waals surface area contributed by atoms with E-state index in [4.69, 9.17) is 20.2 Å². The van der Waals surface area contributed by atoms with Gasteiger partial charge in [0, 0.05) is 49.4 Å². The molecule has 3 saturated carbocycles. The fourth-order valence-electron chi connectivity index (χ4n) is 7.42. The lowest BCUT2D eigenvalue weighted by atomic mass is 9.57. The van der Waals surface area contributed by atoms with Crippen molar-refractivity contribution in [2.24, 2.45) is 5.41 Å². The number of amides is 1. The second-order valence-corrected chi connectivity index (χ2v) is 12.5. The number of nitrogens with one attached hydrogen (secondary N) is 3. The molecule has 5 aliphatic rings. The molecule has 2 aromatic rings. The van der Waals surface area contributed by atoms with Crippen LogP contribution in [0.4, 0.5) is 11.5 Å². The van der Waals surface area contributed by atoms with E-state index in [1.54, 1.807) is 6.92 Å². The highest BCUT2D eigenvalue weighted by Crippen LogP contribution is 2.53. The summed E-state index contributed by atoms with van der Waals surface area (Å²) < 4.78 is 7.82. The molecule has 0 spiro atoms. The van der Waals surface area contributed by atoms with E-state index >= 15 is 0 Å². The Labute approximate surface area is 236 Å². The van der Waals surface area contributed by atoms with Crippen LogP contribution in [-0.2, 0) is 29.0 Å². The highest BCUT2D eigenvalue weighted by molar-refractivity contribution is 5.99. The van der Waals surface area contributed by atoms with Crippen LogP contribution in [0.5, 0.6) is 0 Å². The quantitative estimate of drug-likeness (QED) is 0.381. The lowest BCUT2D eigenvalue weighted by molar-refractivity contribution is -0.539. The molecule has 0 unspecified atom stereocenters. The van der Waals surface area contributed by atoms with Crippen LogP contribution in [0.25, 0.3) is 0 Å². The molecular weight excluding hydrogens is 506 g/mol. The fraction of sp³-hybridized carbons (Fsp3) is 0.690. The van der Waals surface area contributed by atoms with E-state index in [0.717, 1.165) is 88.3 Å². The first-order valence-corrected chi connectivity index (χ1v) is 14.9. The number of quaternary nitrogens is 1. The average molecular weight is 551 g/mol. The van der Waals surface area contributed by atoms with Crippen molar-refractivity contribution >= 4 is 23.1 Å². The van der Waals surface area contributed by atoms with E-state index in [1.165, 1.54) is 11.3 Å². The predicted molar refractivity (Wildman–Crippen MR) is 152 cm³/mol. The van der Waals surface area contributed by atoms with Crippen LogP contribution in [-0.4, -0.2) is 76.3 Å². The van der Waals surface area contributed by atoms with E-state index in [0.29, 0.717) is 30.4 Å². The van der Waals surface area contributed by atoms with Crippen LogP contribution in [0.15, 0.2) is 0 Å². The van der Waals surface area contributed by atoms with Gasteiger partial charge in [-0.1, -0.05) is 0 Å². The summed E-state index contributed by atoms with van der Waals surface area (Å²) >= 11 is 0.